The fourth-order valence-electron chi connectivity index (χ4n) is 0.704. The van der Waals surface area contributed by atoms with Crippen molar-refractivity contribution in [1.29, 1.82) is 0 Å². The van der Waals surface area contributed by atoms with Crippen LogP contribution in [0.3, 0.4) is 0 Å². The van der Waals surface area contributed by atoms with Crippen LogP contribution in [0.1, 0.15) is 0 Å². The van der Waals surface area contributed by atoms with Crippen LogP contribution < -0.4 is 5.11 Å². The van der Waals surface area contributed by atoms with Crippen molar-refractivity contribution in [3.8, 4) is 5.88 Å². The van der Waals surface area contributed by atoms with Gasteiger partial charge in [-0.05, 0) is 12.1 Å². The van der Waals surface area contributed by atoms with E-state index in [0.717, 1.165) is 0 Å². The molecule has 5 heteroatoms. The molecule has 0 bridgehead atoms. The molecule has 0 atom stereocenters. The van der Waals surface area contributed by atoms with E-state index in [1.54, 1.807) is 6.07 Å². The third-order valence-corrected chi connectivity index (χ3v) is 1.12. The van der Waals surface area contributed by atoms with E-state index in [9.17, 15) is 5.11 Å². The first-order valence-electron chi connectivity index (χ1n) is 2.70. The Morgan fingerprint density at radius 1 is 1.40 bits per heavy atom. The molecular weight excluding hydrogens is 132 g/mol. The Bertz CT molecular complexity index is 355. The molecule has 0 N–H and O–H groups in total. The Hall–Kier alpha value is -1.65. The summed E-state index contributed by atoms with van der Waals surface area (Å²) in [5.41, 5.74) is 0.583. The molecule has 0 amide bonds. The first-order chi connectivity index (χ1) is 4.86. The number of hydrogen-bond donors (Lipinski definition) is 0. The Kier molecular flexibility index (Phi) is 0.858. The van der Waals surface area contributed by atoms with Gasteiger partial charge < -0.3 is 5.11 Å². The summed E-state index contributed by atoms with van der Waals surface area (Å²) in [7, 11) is 0. The first kappa shape index (κ1) is 5.16. The van der Waals surface area contributed by atoms with Gasteiger partial charge in [0.2, 0.25) is 0 Å². The molecule has 0 unspecified atom stereocenters. The molecule has 0 saturated carbocycles. The summed E-state index contributed by atoms with van der Waals surface area (Å²) in [4.78, 5) is 3.81. The number of nitrogens with zero attached hydrogens (tertiary/aromatic N) is 4. The van der Waals surface area contributed by atoms with E-state index in [0.29, 0.717) is 5.65 Å². The Morgan fingerprint density at radius 2 is 2.30 bits per heavy atom. The fraction of sp³-hybridized carbons (Fsp3) is 0. The van der Waals surface area contributed by atoms with Crippen LogP contribution in [0.15, 0.2) is 18.5 Å². The summed E-state index contributed by atoms with van der Waals surface area (Å²) in [6, 6.07) is 2.92. The van der Waals surface area contributed by atoms with Crippen molar-refractivity contribution in [2.75, 3.05) is 0 Å². The molecule has 0 spiro atoms. The molecule has 2 heterocycles. The quantitative estimate of drug-likeness (QED) is 0.474. The van der Waals surface area contributed by atoms with Crippen molar-refractivity contribution in [3.63, 3.8) is 0 Å². The topological polar surface area (TPSA) is 66.1 Å². The molecule has 0 saturated heterocycles. The summed E-state index contributed by atoms with van der Waals surface area (Å²) >= 11 is 0. The maximum atomic E-state index is 10.6. The zero-order chi connectivity index (χ0) is 6.97. The van der Waals surface area contributed by atoms with E-state index in [2.05, 4.69) is 15.2 Å². The maximum absolute atomic E-state index is 10.6. The predicted octanol–water partition coefficient (Wildman–Crippen LogP) is -0.802. The standard InChI is InChI=1S/C5H4N4O/c10-5-2-1-4-6-3-7-9(4)8-5/h1-3H,(H,8,10)/p-1. The molecule has 50 valence electrons. The lowest BCUT2D eigenvalue weighted by molar-refractivity contribution is -0.276. The van der Waals surface area contributed by atoms with E-state index < -0.39 is 0 Å². The highest BCUT2D eigenvalue weighted by molar-refractivity contribution is 5.34. The predicted molar refractivity (Wildman–Crippen MR) is 30.2 cm³/mol. The number of aromatic nitrogens is 4. The largest absolute Gasteiger partial charge is 0.857 e. The highest BCUT2D eigenvalue weighted by atomic mass is 16.3. The van der Waals surface area contributed by atoms with E-state index >= 15 is 0 Å². The third-order valence-electron chi connectivity index (χ3n) is 1.12. The van der Waals surface area contributed by atoms with E-state index in [4.69, 9.17) is 0 Å². The summed E-state index contributed by atoms with van der Waals surface area (Å²) in [5.74, 6) is -0.307. The van der Waals surface area contributed by atoms with Gasteiger partial charge in [-0.2, -0.15) is 5.10 Å². The van der Waals surface area contributed by atoms with Gasteiger partial charge in [-0.3, -0.25) is 0 Å². The van der Waals surface area contributed by atoms with E-state index in [1.165, 1.54) is 17.0 Å². The van der Waals surface area contributed by atoms with Crippen LogP contribution in [0.25, 0.3) is 5.65 Å². The van der Waals surface area contributed by atoms with Gasteiger partial charge in [-0.15, -0.1) is 9.73 Å². The lowest BCUT2D eigenvalue weighted by Crippen LogP contribution is -2.00. The van der Waals surface area contributed by atoms with Crippen molar-refractivity contribution in [3.05, 3.63) is 18.5 Å². The monoisotopic (exact) mass is 135 g/mol. The summed E-state index contributed by atoms with van der Waals surface area (Å²) in [6.45, 7) is 0. The zero-order valence-electron chi connectivity index (χ0n) is 4.93. The highest BCUT2D eigenvalue weighted by Gasteiger charge is 1.90. The summed E-state index contributed by atoms with van der Waals surface area (Å²) in [6.07, 6.45) is 1.35. The molecular formula is C5H3N4O-. The average Bonchev–Trinajstić information content (AvgIpc) is 2.33. The zero-order valence-corrected chi connectivity index (χ0v) is 4.93. The van der Waals surface area contributed by atoms with Gasteiger partial charge in [0, 0.05) is 5.88 Å². The van der Waals surface area contributed by atoms with Crippen molar-refractivity contribution in [1.82, 2.24) is 19.8 Å². The minimum Gasteiger partial charge on any atom is -0.857 e. The first-order valence-corrected chi connectivity index (χ1v) is 2.70. The van der Waals surface area contributed by atoms with Crippen molar-refractivity contribution in [2.45, 2.75) is 0 Å². The molecule has 2 aromatic heterocycles. The number of fused-ring (bicyclic) bond motifs is 1. The lowest BCUT2D eigenvalue weighted by Gasteiger charge is -1.99. The minimum atomic E-state index is -0.307. The van der Waals surface area contributed by atoms with Crippen molar-refractivity contribution < 1.29 is 5.11 Å². The van der Waals surface area contributed by atoms with Gasteiger partial charge >= 0.3 is 0 Å². The SMILES string of the molecule is [O-]c1ccc2ncnn2n1. The van der Waals surface area contributed by atoms with E-state index in [1.807, 2.05) is 0 Å². The van der Waals surface area contributed by atoms with Crippen molar-refractivity contribution in [2.24, 2.45) is 0 Å². The van der Waals surface area contributed by atoms with Gasteiger partial charge in [0.15, 0.2) is 5.65 Å². The summed E-state index contributed by atoms with van der Waals surface area (Å²) in [5, 5.41) is 17.8. The van der Waals surface area contributed by atoms with Crippen LogP contribution in [-0.2, 0) is 0 Å². The molecule has 5 nitrogen and oxygen atoms in total. The summed E-state index contributed by atoms with van der Waals surface area (Å²) < 4.78 is 1.20. The second kappa shape index (κ2) is 1.66. The van der Waals surface area contributed by atoms with Gasteiger partial charge in [-0.1, -0.05) is 0 Å². The van der Waals surface area contributed by atoms with Crippen LogP contribution in [-0.4, -0.2) is 19.8 Å². The second-order valence-corrected chi connectivity index (χ2v) is 1.78. The Balaban J connectivity index is 2.86. The second-order valence-electron chi connectivity index (χ2n) is 1.78. The van der Waals surface area contributed by atoms with Crippen LogP contribution >= 0.6 is 0 Å². The molecule has 0 aromatic carbocycles. The molecule has 10 heavy (non-hydrogen) atoms. The molecule has 2 rings (SSSR count). The van der Waals surface area contributed by atoms with E-state index in [-0.39, 0.29) is 5.88 Å². The van der Waals surface area contributed by atoms with Crippen LogP contribution in [0, 0.1) is 0 Å². The number of rotatable bonds is 0. The fourth-order valence-corrected chi connectivity index (χ4v) is 0.704. The Morgan fingerprint density at radius 3 is 3.20 bits per heavy atom. The van der Waals surface area contributed by atoms with Gasteiger partial charge in [0.05, 0.1) is 0 Å². The smallest absolute Gasteiger partial charge is 0.175 e. The minimum absolute atomic E-state index is 0.307. The molecule has 0 fully saturated rings. The van der Waals surface area contributed by atoms with Crippen LogP contribution in [0.4, 0.5) is 0 Å². The molecule has 0 aliphatic rings. The van der Waals surface area contributed by atoms with Gasteiger partial charge in [0.25, 0.3) is 0 Å². The van der Waals surface area contributed by atoms with Crippen molar-refractivity contribution >= 4 is 5.65 Å². The van der Waals surface area contributed by atoms with Crippen LogP contribution in [0.5, 0.6) is 5.88 Å². The lowest BCUT2D eigenvalue weighted by atomic mass is 10.5. The normalized spacial score (nSPS) is 10.4. The van der Waals surface area contributed by atoms with Gasteiger partial charge in [-0.25, -0.2) is 4.98 Å². The average molecular weight is 135 g/mol. The van der Waals surface area contributed by atoms with Crippen LogP contribution in [0.2, 0.25) is 0 Å². The molecule has 0 radical (unpaired) electrons. The molecule has 2 aromatic rings. The van der Waals surface area contributed by atoms with Gasteiger partial charge in [0.1, 0.15) is 6.33 Å². The Labute approximate surface area is 55.9 Å². The number of hydrogen-bond acceptors (Lipinski definition) is 4. The maximum Gasteiger partial charge on any atom is 0.175 e. The third kappa shape index (κ3) is 0.604. The highest BCUT2D eigenvalue weighted by Crippen LogP contribution is 1.99. The molecule has 0 aliphatic carbocycles. The molecule has 0 aliphatic heterocycles.